The van der Waals surface area contributed by atoms with Crippen LogP contribution in [0.3, 0.4) is 0 Å². The first-order chi connectivity index (χ1) is 7.36. The fraction of sp³-hybridized carbons (Fsp3) is 0. The molecule has 2 aromatic heterocycles. The lowest BCUT2D eigenvalue weighted by Crippen LogP contribution is -1.97. The Bertz CT molecular complexity index is 517. The van der Waals surface area contributed by atoms with Crippen LogP contribution < -0.4 is 5.43 Å². The third kappa shape index (κ3) is 1.47. The second kappa shape index (κ2) is 3.70. The van der Waals surface area contributed by atoms with Gasteiger partial charge in [-0.2, -0.15) is 5.10 Å². The second-order valence-electron chi connectivity index (χ2n) is 2.55. The Morgan fingerprint density at radius 1 is 1.47 bits per heavy atom. The number of hydrogen-bond donors (Lipinski definition) is 2. The SMILES string of the molecule is C=NNc1ncnc2c1ncn2C=NO. The first kappa shape index (κ1) is 9.06. The smallest absolute Gasteiger partial charge is 0.177 e. The Morgan fingerprint density at radius 3 is 3.07 bits per heavy atom. The van der Waals surface area contributed by atoms with Crippen LogP contribution in [0.1, 0.15) is 0 Å². The minimum atomic E-state index is 0.445. The van der Waals surface area contributed by atoms with E-state index in [0.717, 1.165) is 0 Å². The van der Waals surface area contributed by atoms with Crippen molar-refractivity contribution in [3.63, 3.8) is 0 Å². The molecule has 0 aliphatic heterocycles. The predicted molar refractivity (Wildman–Crippen MR) is 54.2 cm³/mol. The summed E-state index contributed by atoms with van der Waals surface area (Å²) < 4.78 is 1.45. The summed E-state index contributed by atoms with van der Waals surface area (Å²) in [5.74, 6) is 0.445. The fourth-order valence-electron chi connectivity index (χ4n) is 1.15. The van der Waals surface area contributed by atoms with Gasteiger partial charge in [-0.15, -0.1) is 0 Å². The van der Waals surface area contributed by atoms with Gasteiger partial charge in [-0.25, -0.2) is 15.0 Å². The molecule has 0 aliphatic rings. The molecule has 0 radical (unpaired) electrons. The molecule has 0 bridgehead atoms. The zero-order chi connectivity index (χ0) is 10.7. The van der Waals surface area contributed by atoms with Gasteiger partial charge in [0.25, 0.3) is 0 Å². The van der Waals surface area contributed by atoms with Crippen molar-refractivity contribution in [2.45, 2.75) is 0 Å². The second-order valence-corrected chi connectivity index (χ2v) is 2.55. The van der Waals surface area contributed by atoms with Gasteiger partial charge in [-0.1, -0.05) is 5.16 Å². The van der Waals surface area contributed by atoms with Crippen LogP contribution in [0.2, 0.25) is 0 Å². The van der Waals surface area contributed by atoms with Gasteiger partial charge < -0.3 is 5.21 Å². The molecule has 0 amide bonds. The van der Waals surface area contributed by atoms with Gasteiger partial charge in [0.2, 0.25) is 0 Å². The monoisotopic (exact) mass is 205 g/mol. The summed E-state index contributed by atoms with van der Waals surface area (Å²) in [5, 5.41) is 14.8. The molecule has 0 fully saturated rings. The zero-order valence-electron chi connectivity index (χ0n) is 7.57. The van der Waals surface area contributed by atoms with Gasteiger partial charge in [-0.05, 0) is 0 Å². The number of hydrogen-bond acceptors (Lipinski definition) is 7. The van der Waals surface area contributed by atoms with Crippen molar-refractivity contribution in [1.29, 1.82) is 0 Å². The summed E-state index contributed by atoms with van der Waals surface area (Å²) in [6, 6.07) is 0. The summed E-state index contributed by atoms with van der Waals surface area (Å²) in [7, 11) is 0. The Kier molecular flexibility index (Phi) is 2.23. The Balaban J connectivity index is 2.62. The average Bonchev–Trinajstić information content (AvgIpc) is 2.64. The van der Waals surface area contributed by atoms with Crippen LogP contribution in [0.25, 0.3) is 11.2 Å². The molecule has 2 heterocycles. The molecule has 0 aromatic carbocycles. The van der Waals surface area contributed by atoms with Crippen molar-refractivity contribution in [1.82, 2.24) is 19.5 Å². The molecule has 0 saturated heterocycles. The molecular weight excluding hydrogens is 198 g/mol. The molecule has 0 aliphatic carbocycles. The standard InChI is InChI=1S/C7H7N7O/c1-8-13-6-5-7(10-2-9-6)14(3-11-5)4-12-15/h2-4,15H,1H2,(H,9,10,13). The van der Waals surface area contributed by atoms with E-state index in [1.807, 2.05) is 0 Å². The molecule has 0 saturated carbocycles. The maximum atomic E-state index is 8.40. The lowest BCUT2D eigenvalue weighted by Gasteiger charge is -1.98. The van der Waals surface area contributed by atoms with Crippen molar-refractivity contribution in [3.8, 4) is 0 Å². The predicted octanol–water partition coefficient (Wildman–Crippen LogP) is 0.119. The Hall–Kier alpha value is -2.51. The molecular formula is C7H7N7O. The van der Waals surface area contributed by atoms with E-state index < -0.39 is 0 Å². The summed E-state index contributed by atoms with van der Waals surface area (Å²) in [6.45, 7) is 3.28. The molecule has 0 unspecified atom stereocenters. The minimum absolute atomic E-state index is 0.445. The molecule has 0 spiro atoms. The van der Waals surface area contributed by atoms with Crippen LogP contribution >= 0.6 is 0 Å². The highest BCUT2D eigenvalue weighted by Crippen LogP contribution is 2.15. The van der Waals surface area contributed by atoms with Crippen molar-refractivity contribution < 1.29 is 5.21 Å². The maximum absolute atomic E-state index is 8.40. The van der Waals surface area contributed by atoms with E-state index in [-0.39, 0.29) is 0 Å². The van der Waals surface area contributed by atoms with Crippen molar-refractivity contribution >= 4 is 30.0 Å². The number of anilines is 1. The number of nitrogens with zero attached hydrogens (tertiary/aromatic N) is 6. The maximum Gasteiger partial charge on any atom is 0.177 e. The van der Waals surface area contributed by atoms with E-state index in [4.69, 9.17) is 5.21 Å². The van der Waals surface area contributed by atoms with Crippen LogP contribution in [0.5, 0.6) is 0 Å². The highest BCUT2D eigenvalue weighted by Gasteiger charge is 2.07. The third-order valence-corrected chi connectivity index (χ3v) is 1.72. The summed E-state index contributed by atoms with van der Waals surface area (Å²) in [6.07, 6.45) is 3.97. The van der Waals surface area contributed by atoms with Crippen LogP contribution in [0.15, 0.2) is 22.9 Å². The van der Waals surface area contributed by atoms with Gasteiger partial charge in [0.15, 0.2) is 17.0 Å². The van der Waals surface area contributed by atoms with E-state index in [1.165, 1.54) is 23.6 Å². The largest absolute Gasteiger partial charge is 0.410 e. The molecule has 2 rings (SSSR count). The highest BCUT2D eigenvalue weighted by atomic mass is 16.4. The lowest BCUT2D eigenvalue weighted by atomic mass is 10.5. The van der Waals surface area contributed by atoms with Gasteiger partial charge in [0, 0.05) is 6.72 Å². The van der Waals surface area contributed by atoms with Crippen molar-refractivity contribution in [2.75, 3.05) is 5.43 Å². The van der Waals surface area contributed by atoms with Crippen LogP contribution in [-0.4, -0.2) is 37.8 Å². The van der Waals surface area contributed by atoms with Crippen molar-refractivity contribution in [3.05, 3.63) is 12.7 Å². The fourth-order valence-corrected chi connectivity index (χ4v) is 1.15. The molecule has 2 N–H and O–H groups in total. The number of fused-ring (bicyclic) bond motifs is 1. The normalized spacial score (nSPS) is 10.9. The van der Waals surface area contributed by atoms with E-state index in [2.05, 4.69) is 37.4 Å². The topological polar surface area (TPSA) is 101 Å². The van der Waals surface area contributed by atoms with E-state index >= 15 is 0 Å². The average molecular weight is 205 g/mol. The number of hydrazone groups is 1. The molecule has 8 nitrogen and oxygen atoms in total. The Morgan fingerprint density at radius 2 is 2.33 bits per heavy atom. The zero-order valence-corrected chi connectivity index (χ0v) is 7.57. The molecule has 76 valence electrons. The van der Waals surface area contributed by atoms with E-state index in [9.17, 15) is 0 Å². The number of imidazole rings is 1. The quantitative estimate of drug-likeness (QED) is 0.321. The molecule has 0 atom stereocenters. The number of nitrogens with one attached hydrogen (secondary N) is 1. The number of aromatic nitrogens is 4. The van der Waals surface area contributed by atoms with Gasteiger partial charge >= 0.3 is 0 Å². The summed E-state index contributed by atoms with van der Waals surface area (Å²) in [4.78, 5) is 12.0. The number of rotatable bonds is 3. The lowest BCUT2D eigenvalue weighted by molar-refractivity contribution is 0.320. The summed E-state index contributed by atoms with van der Waals surface area (Å²) in [5.41, 5.74) is 3.61. The number of oxime groups is 1. The first-order valence-corrected chi connectivity index (χ1v) is 3.93. The van der Waals surface area contributed by atoms with E-state index in [0.29, 0.717) is 17.0 Å². The van der Waals surface area contributed by atoms with Crippen LogP contribution in [0, 0.1) is 0 Å². The first-order valence-electron chi connectivity index (χ1n) is 3.93. The van der Waals surface area contributed by atoms with E-state index in [1.54, 1.807) is 0 Å². The van der Waals surface area contributed by atoms with Crippen molar-refractivity contribution in [2.24, 2.45) is 10.3 Å². The van der Waals surface area contributed by atoms with Gasteiger partial charge in [-0.3, -0.25) is 9.99 Å². The van der Waals surface area contributed by atoms with Crippen LogP contribution in [0.4, 0.5) is 5.82 Å². The Labute approximate surface area is 84.0 Å². The molecule has 8 heteroatoms. The third-order valence-electron chi connectivity index (χ3n) is 1.72. The molecule has 15 heavy (non-hydrogen) atoms. The summed E-state index contributed by atoms with van der Waals surface area (Å²) >= 11 is 0. The molecule has 2 aromatic rings. The minimum Gasteiger partial charge on any atom is -0.410 e. The highest BCUT2D eigenvalue weighted by molar-refractivity contribution is 5.86. The van der Waals surface area contributed by atoms with Crippen LogP contribution in [-0.2, 0) is 0 Å². The van der Waals surface area contributed by atoms with Gasteiger partial charge in [0.1, 0.15) is 19.0 Å². The van der Waals surface area contributed by atoms with Gasteiger partial charge in [0.05, 0.1) is 0 Å².